The molecule has 3 amide bonds. The van der Waals surface area contributed by atoms with Gasteiger partial charge in [0, 0.05) is 16.8 Å². The van der Waals surface area contributed by atoms with Gasteiger partial charge in [0.1, 0.15) is 6.54 Å². The molecule has 0 atom stereocenters. The maximum Gasteiger partial charge on any atom is 0.294 e. The van der Waals surface area contributed by atoms with E-state index in [9.17, 15) is 14.4 Å². The predicted octanol–water partition coefficient (Wildman–Crippen LogP) is 3.74. The van der Waals surface area contributed by atoms with Gasteiger partial charge in [-0.3, -0.25) is 19.3 Å². The first-order chi connectivity index (χ1) is 13.5. The Hall–Kier alpha value is -2.97. The molecule has 1 N–H and O–H groups in total. The highest BCUT2D eigenvalue weighted by atomic mass is 35.5. The molecule has 0 radical (unpaired) electrons. The molecule has 142 valence electrons. The van der Waals surface area contributed by atoms with Crippen molar-refractivity contribution < 1.29 is 23.9 Å². The van der Waals surface area contributed by atoms with Gasteiger partial charge in [-0.05, 0) is 47.7 Å². The zero-order valence-electron chi connectivity index (χ0n) is 14.3. The van der Waals surface area contributed by atoms with Gasteiger partial charge in [0.15, 0.2) is 11.5 Å². The minimum absolute atomic E-state index is 0.128. The molecule has 0 aromatic heterocycles. The average Bonchev–Trinajstić information content (AvgIpc) is 3.23. The van der Waals surface area contributed by atoms with Crippen LogP contribution in [0.5, 0.6) is 11.5 Å². The van der Waals surface area contributed by atoms with E-state index in [1.807, 2.05) is 0 Å². The molecule has 0 bridgehead atoms. The van der Waals surface area contributed by atoms with Gasteiger partial charge in [-0.1, -0.05) is 23.7 Å². The summed E-state index contributed by atoms with van der Waals surface area (Å²) in [6.07, 6.45) is 1.59. The number of anilines is 1. The summed E-state index contributed by atoms with van der Waals surface area (Å²) in [4.78, 5) is 38.1. The second-order valence-electron chi connectivity index (χ2n) is 5.94. The minimum Gasteiger partial charge on any atom is -0.454 e. The Balaban J connectivity index is 1.42. The number of carbonyl (C=O) groups is 3. The maximum atomic E-state index is 12.5. The van der Waals surface area contributed by atoms with Crippen molar-refractivity contribution in [1.29, 1.82) is 0 Å². The Kier molecular flexibility index (Phi) is 4.97. The average molecular weight is 417 g/mol. The van der Waals surface area contributed by atoms with Crippen LogP contribution in [0.2, 0.25) is 5.02 Å². The van der Waals surface area contributed by atoms with Crippen LogP contribution in [0.3, 0.4) is 0 Å². The minimum atomic E-state index is -0.509. The monoisotopic (exact) mass is 416 g/mol. The van der Waals surface area contributed by atoms with Crippen LogP contribution in [0, 0.1) is 0 Å². The first-order valence-electron chi connectivity index (χ1n) is 8.20. The van der Waals surface area contributed by atoms with E-state index in [0.717, 1.165) is 22.2 Å². The number of fused-ring (bicyclic) bond motifs is 1. The van der Waals surface area contributed by atoms with Gasteiger partial charge in [0.2, 0.25) is 12.7 Å². The lowest BCUT2D eigenvalue weighted by Gasteiger charge is -2.12. The number of nitrogens with zero attached hydrogens (tertiary/aromatic N) is 1. The third kappa shape index (κ3) is 3.83. The highest BCUT2D eigenvalue weighted by Crippen LogP contribution is 2.35. The van der Waals surface area contributed by atoms with E-state index in [-0.39, 0.29) is 18.2 Å². The summed E-state index contributed by atoms with van der Waals surface area (Å²) >= 11 is 6.64. The van der Waals surface area contributed by atoms with Crippen LogP contribution in [0.1, 0.15) is 5.56 Å². The van der Waals surface area contributed by atoms with Crippen molar-refractivity contribution in [3.05, 3.63) is 58.0 Å². The van der Waals surface area contributed by atoms with E-state index < -0.39 is 17.1 Å². The van der Waals surface area contributed by atoms with E-state index in [4.69, 9.17) is 21.1 Å². The molecule has 28 heavy (non-hydrogen) atoms. The van der Waals surface area contributed by atoms with Gasteiger partial charge in [0.25, 0.3) is 11.1 Å². The Morgan fingerprint density at radius 2 is 1.89 bits per heavy atom. The molecule has 0 spiro atoms. The Bertz CT molecular complexity index is 1010. The SMILES string of the molecule is O=C(CN1C(=O)S/C(=C/c2ccc(Cl)cc2)C1=O)Nc1ccc2c(c1)OCO2. The second kappa shape index (κ2) is 7.57. The van der Waals surface area contributed by atoms with Crippen molar-refractivity contribution in [3.8, 4) is 11.5 Å². The molecule has 7 nitrogen and oxygen atoms in total. The zero-order chi connectivity index (χ0) is 19.7. The van der Waals surface area contributed by atoms with E-state index in [1.54, 1.807) is 48.5 Å². The third-order valence-corrected chi connectivity index (χ3v) is 5.16. The predicted molar refractivity (Wildman–Crippen MR) is 105 cm³/mol. The maximum absolute atomic E-state index is 12.5. The molecule has 9 heteroatoms. The summed E-state index contributed by atoms with van der Waals surface area (Å²) in [5.41, 5.74) is 1.22. The van der Waals surface area contributed by atoms with Crippen molar-refractivity contribution >= 4 is 52.2 Å². The van der Waals surface area contributed by atoms with Crippen LogP contribution >= 0.6 is 23.4 Å². The van der Waals surface area contributed by atoms with Crippen molar-refractivity contribution in [2.75, 3.05) is 18.7 Å². The number of thioether (sulfide) groups is 1. The van der Waals surface area contributed by atoms with Crippen molar-refractivity contribution in [3.63, 3.8) is 0 Å². The van der Waals surface area contributed by atoms with Gasteiger partial charge in [-0.2, -0.15) is 0 Å². The summed E-state index contributed by atoms with van der Waals surface area (Å²) < 4.78 is 10.5. The van der Waals surface area contributed by atoms with Gasteiger partial charge in [-0.25, -0.2) is 0 Å². The molecule has 2 aliphatic rings. The largest absolute Gasteiger partial charge is 0.454 e. The van der Waals surface area contributed by atoms with Crippen molar-refractivity contribution in [2.45, 2.75) is 0 Å². The lowest BCUT2D eigenvalue weighted by atomic mass is 10.2. The standard InChI is InChI=1S/C19H13ClN2O5S/c20-12-3-1-11(2-4-12)7-16-18(24)22(19(25)28-16)9-17(23)21-13-5-6-14-15(8-13)27-10-26-14/h1-8H,9-10H2,(H,21,23)/b16-7+. The smallest absolute Gasteiger partial charge is 0.294 e. The summed E-state index contributed by atoms with van der Waals surface area (Å²) in [7, 11) is 0. The number of nitrogens with one attached hydrogen (secondary N) is 1. The van der Waals surface area contributed by atoms with Crippen LogP contribution in [-0.2, 0) is 9.59 Å². The fourth-order valence-corrected chi connectivity index (χ4v) is 3.63. The van der Waals surface area contributed by atoms with Crippen LogP contribution in [-0.4, -0.2) is 35.3 Å². The Labute approximate surface area is 169 Å². The number of halogens is 1. The third-order valence-electron chi connectivity index (χ3n) is 4.00. The molecule has 0 aliphatic carbocycles. The van der Waals surface area contributed by atoms with Crippen LogP contribution in [0.4, 0.5) is 10.5 Å². The molecular weight excluding hydrogens is 404 g/mol. The molecule has 0 unspecified atom stereocenters. The Morgan fingerprint density at radius 3 is 2.68 bits per heavy atom. The van der Waals surface area contributed by atoms with Crippen LogP contribution in [0.15, 0.2) is 47.4 Å². The molecule has 2 aromatic rings. The fraction of sp³-hybridized carbons (Fsp3) is 0.105. The molecule has 2 aromatic carbocycles. The highest BCUT2D eigenvalue weighted by molar-refractivity contribution is 8.18. The number of amides is 3. The molecule has 2 heterocycles. The molecular formula is C19H13ClN2O5S. The summed E-state index contributed by atoms with van der Waals surface area (Å²) in [5.74, 6) is 0.117. The normalized spacial score (nSPS) is 16.8. The number of hydrogen-bond acceptors (Lipinski definition) is 6. The summed E-state index contributed by atoms with van der Waals surface area (Å²) in [6.45, 7) is -0.249. The van der Waals surface area contributed by atoms with Crippen molar-refractivity contribution in [2.24, 2.45) is 0 Å². The van der Waals surface area contributed by atoms with Crippen molar-refractivity contribution in [1.82, 2.24) is 4.90 Å². The first kappa shape index (κ1) is 18.4. The lowest BCUT2D eigenvalue weighted by molar-refractivity contribution is -0.127. The topological polar surface area (TPSA) is 84.9 Å². The number of imide groups is 1. The van der Waals surface area contributed by atoms with Crippen LogP contribution < -0.4 is 14.8 Å². The first-order valence-corrected chi connectivity index (χ1v) is 9.39. The number of benzene rings is 2. The second-order valence-corrected chi connectivity index (χ2v) is 7.37. The van der Waals surface area contributed by atoms with Gasteiger partial charge in [0.05, 0.1) is 4.91 Å². The van der Waals surface area contributed by atoms with E-state index in [1.165, 1.54) is 0 Å². The lowest BCUT2D eigenvalue weighted by Crippen LogP contribution is -2.36. The summed E-state index contributed by atoms with van der Waals surface area (Å²) in [6, 6.07) is 11.8. The van der Waals surface area contributed by atoms with Gasteiger partial charge < -0.3 is 14.8 Å². The Morgan fingerprint density at radius 1 is 1.14 bits per heavy atom. The van der Waals surface area contributed by atoms with E-state index in [2.05, 4.69) is 5.32 Å². The molecule has 1 fully saturated rings. The quantitative estimate of drug-likeness (QED) is 0.764. The molecule has 2 aliphatic heterocycles. The zero-order valence-corrected chi connectivity index (χ0v) is 15.9. The molecule has 4 rings (SSSR count). The number of hydrogen-bond donors (Lipinski definition) is 1. The van der Waals surface area contributed by atoms with E-state index >= 15 is 0 Å². The van der Waals surface area contributed by atoms with Gasteiger partial charge >= 0.3 is 0 Å². The van der Waals surface area contributed by atoms with Crippen LogP contribution in [0.25, 0.3) is 6.08 Å². The fourth-order valence-electron chi connectivity index (χ4n) is 2.67. The summed E-state index contributed by atoms with van der Waals surface area (Å²) in [5, 5.41) is 2.73. The van der Waals surface area contributed by atoms with Gasteiger partial charge in [-0.15, -0.1) is 0 Å². The highest BCUT2D eigenvalue weighted by Gasteiger charge is 2.36. The number of carbonyl (C=O) groups excluding carboxylic acids is 3. The van der Waals surface area contributed by atoms with E-state index in [0.29, 0.717) is 22.2 Å². The number of rotatable bonds is 4. The number of ether oxygens (including phenoxy) is 2. The molecule has 0 saturated carbocycles. The molecule has 1 saturated heterocycles.